The van der Waals surface area contributed by atoms with Gasteiger partial charge in [-0.3, -0.25) is 0 Å². The molecule has 3 rings (SSSR count). The highest BCUT2D eigenvalue weighted by atomic mass is 16.5. The van der Waals surface area contributed by atoms with Crippen LogP contribution in [0.15, 0.2) is 24.5 Å². The van der Waals surface area contributed by atoms with E-state index in [1.54, 1.807) is 6.33 Å². The summed E-state index contributed by atoms with van der Waals surface area (Å²) in [5.41, 5.74) is 8.56. The SMILES string of the molecule is Cn1cnnc1COc1ccc2c(c1)CCC2N. The second-order valence-electron chi connectivity index (χ2n) is 4.65. The summed E-state index contributed by atoms with van der Waals surface area (Å²) < 4.78 is 7.58. The van der Waals surface area contributed by atoms with Crippen LogP contribution in [0.2, 0.25) is 0 Å². The summed E-state index contributed by atoms with van der Waals surface area (Å²) in [7, 11) is 1.90. The zero-order chi connectivity index (χ0) is 12.5. The summed E-state index contributed by atoms with van der Waals surface area (Å²) in [6, 6.07) is 6.31. The minimum atomic E-state index is 0.188. The van der Waals surface area contributed by atoms with Crippen LogP contribution in [-0.4, -0.2) is 14.8 Å². The van der Waals surface area contributed by atoms with Gasteiger partial charge in [-0.1, -0.05) is 6.07 Å². The molecular formula is C13H16N4O. The van der Waals surface area contributed by atoms with Gasteiger partial charge < -0.3 is 15.0 Å². The number of rotatable bonds is 3. The Labute approximate surface area is 106 Å². The zero-order valence-electron chi connectivity index (χ0n) is 10.3. The fourth-order valence-electron chi connectivity index (χ4n) is 2.30. The van der Waals surface area contributed by atoms with E-state index >= 15 is 0 Å². The zero-order valence-corrected chi connectivity index (χ0v) is 10.3. The molecule has 0 saturated heterocycles. The first-order valence-corrected chi connectivity index (χ1v) is 6.08. The molecule has 1 aliphatic rings. The van der Waals surface area contributed by atoms with Crippen LogP contribution in [-0.2, 0) is 20.1 Å². The van der Waals surface area contributed by atoms with E-state index in [0.29, 0.717) is 6.61 Å². The number of aryl methyl sites for hydroxylation is 2. The molecule has 0 spiro atoms. The van der Waals surface area contributed by atoms with Gasteiger partial charge in [-0.25, -0.2) is 0 Å². The van der Waals surface area contributed by atoms with Gasteiger partial charge >= 0.3 is 0 Å². The topological polar surface area (TPSA) is 66.0 Å². The first-order valence-electron chi connectivity index (χ1n) is 6.08. The van der Waals surface area contributed by atoms with E-state index in [9.17, 15) is 0 Å². The molecule has 0 bridgehead atoms. The van der Waals surface area contributed by atoms with Crippen molar-refractivity contribution in [2.75, 3.05) is 0 Å². The van der Waals surface area contributed by atoms with Crippen molar-refractivity contribution in [3.8, 4) is 5.75 Å². The molecule has 1 aromatic heterocycles. The Kier molecular flexibility index (Phi) is 2.76. The third-order valence-electron chi connectivity index (χ3n) is 3.41. The number of benzene rings is 1. The van der Waals surface area contributed by atoms with Crippen LogP contribution in [0, 0.1) is 0 Å². The predicted octanol–water partition coefficient (Wildman–Crippen LogP) is 1.34. The van der Waals surface area contributed by atoms with E-state index in [1.165, 1.54) is 11.1 Å². The van der Waals surface area contributed by atoms with E-state index in [4.69, 9.17) is 10.5 Å². The minimum absolute atomic E-state index is 0.188. The number of ether oxygens (including phenoxy) is 1. The van der Waals surface area contributed by atoms with Gasteiger partial charge in [0.2, 0.25) is 0 Å². The molecule has 0 amide bonds. The van der Waals surface area contributed by atoms with E-state index in [1.807, 2.05) is 17.7 Å². The lowest BCUT2D eigenvalue weighted by atomic mass is 10.1. The van der Waals surface area contributed by atoms with Crippen LogP contribution in [0.3, 0.4) is 0 Å². The Hall–Kier alpha value is -1.88. The van der Waals surface area contributed by atoms with Crippen molar-refractivity contribution in [2.24, 2.45) is 12.8 Å². The molecule has 2 aromatic rings. The summed E-state index contributed by atoms with van der Waals surface area (Å²) in [6.07, 6.45) is 3.74. The second kappa shape index (κ2) is 4.42. The van der Waals surface area contributed by atoms with Gasteiger partial charge in [-0.15, -0.1) is 10.2 Å². The van der Waals surface area contributed by atoms with Crippen molar-refractivity contribution in [2.45, 2.75) is 25.5 Å². The number of hydrogen-bond acceptors (Lipinski definition) is 4. The molecule has 0 aliphatic heterocycles. The first-order chi connectivity index (χ1) is 8.74. The molecular weight excluding hydrogens is 228 g/mol. The monoisotopic (exact) mass is 244 g/mol. The normalized spacial score (nSPS) is 17.8. The summed E-state index contributed by atoms with van der Waals surface area (Å²) in [5.74, 6) is 1.68. The highest BCUT2D eigenvalue weighted by Gasteiger charge is 2.19. The maximum atomic E-state index is 6.00. The Morgan fingerprint density at radius 3 is 3.17 bits per heavy atom. The maximum absolute atomic E-state index is 6.00. The lowest BCUT2D eigenvalue weighted by Gasteiger charge is -2.09. The second-order valence-corrected chi connectivity index (χ2v) is 4.65. The molecule has 5 nitrogen and oxygen atoms in total. The Balaban J connectivity index is 1.73. The van der Waals surface area contributed by atoms with Crippen LogP contribution in [0.1, 0.15) is 29.4 Å². The fraction of sp³-hybridized carbons (Fsp3) is 0.385. The average Bonchev–Trinajstić information content (AvgIpc) is 2.94. The fourth-order valence-corrected chi connectivity index (χ4v) is 2.30. The quantitative estimate of drug-likeness (QED) is 0.884. The van der Waals surface area contributed by atoms with Crippen molar-refractivity contribution < 1.29 is 4.74 Å². The van der Waals surface area contributed by atoms with Crippen LogP contribution in [0.5, 0.6) is 5.75 Å². The molecule has 1 unspecified atom stereocenters. The van der Waals surface area contributed by atoms with E-state index in [2.05, 4.69) is 22.3 Å². The highest BCUT2D eigenvalue weighted by molar-refractivity contribution is 5.40. The van der Waals surface area contributed by atoms with E-state index in [0.717, 1.165) is 24.4 Å². The molecule has 1 atom stereocenters. The number of fused-ring (bicyclic) bond motifs is 1. The molecule has 1 aliphatic carbocycles. The summed E-state index contributed by atoms with van der Waals surface area (Å²) in [6.45, 7) is 0.432. The lowest BCUT2D eigenvalue weighted by Crippen LogP contribution is -2.05. The first kappa shape index (κ1) is 11.2. The molecule has 1 heterocycles. The standard InChI is InChI=1S/C13H16N4O/c1-17-8-15-16-13(17)7-18-10-3-4-11-9(6-10)2-5-12(11)14/h3-4,6,8,12H,2,5,7,14H2,1H3. The molecule has 94 valence electrons. The molecule has 18 heavy (non-hydrogen) atoms. The lowest BCUT2D eigenvalue weighted by molar-refractivity contribution is 0.291. The smallest absolute Gasteiger partial charge is 0.170 e. The van der Waals surface area contributed by atoms with E-state index in [-0.39, 0.29) is 6.04 Å². The van der Waals surface area contributed by atoms with Gasteiger partial charge in [0.15, 0.2) is 5.82 Å². The predicted molar refractivity (Wildman–Crippen MR) is 67.0 cm³/mol. The largest absolute Gasteiger partial charge is 0.486 e. The summed E-state index contributed by atoms with van der Waals surface area (Å²) in [5, 5.41) is 7.80. The molecule has 5 heteroatoms. The van der Waals surface area contributed by atoms with Crippen LogP contribution in [0.4, 0.5) is 0 Å². The van der Waals surface area contributed by atoms with Gasteiger partial charge in [-0.05, 0) is 36.1 Å². The van der Waals surface area contributed by atoms with Crippen molar-refractivity contribution in [1.82, 2.24) is 14.8 Å². The maximum Gasteiger partial charge on any atom is 0.170 e. The van der Waals surface area contributed by atoms with Gasteiger partial charge in [-0.2, -0.15) is 0 Å². The summed E-state index contributed by atoms with van der Waals surface area (Å²) in [4.78, 5) is 0. The van der Waals surface area contributed by atoms with Crippen LogP contribution in [0.25, 0.3) is 0 Å². The minimum Gasteiger partial charge on any atom is -0.486 e. The number of nitrogens with two attached hydrogens (primary N) is 1. The van der Waals surface area contributed by atoms with Crippen molar-refractivity contribution in [3.05, 3.63) is 41.5 Å². The molecule has 0 fully saturated rings. The van der Waals surface area contributed by atoms with Crippen molar-refractivity contribution >= 4 is 0 Å². The van der Waals surface area contributed by atoms with Crippen LogP contribution >= 0.6 is 0 Å². The Morgan fingerprint density at radius 1 is 1.50 bits per heavy atom. The van der Waals surface area contributed by atoms with Crippen molar-refractivity contribution in [3.63, 3.8) is 0 Å². The average molecular weight is 244 g/mol. The third-order valence-corrected chi connectivity index (χ3v) is 3.41. The molecule has 2 N–H and O–H groups in total. The molecule has 0 radical (unpaired) electrons. The van der Waals surface area contributed by atoms with Gasteiger partial charge in [0.1, 0.15) is 18.7 Å². The Morgan fingerprint density at radius 2 is 2.39 bits per heavy atom. The summed E-state index contributed by atoms with van der Waals surface area (Å²) >= 11 is 0. The number of hydrogen-bond donors (Lipinski definition) is 1. The highest BCUT2D eigenvalue weighted by Crippen LogP contribution is 2.31. The molecule has 1 aromatic carbocycles. The third kappa shape index (κ3) is 1.97. The van der Waals surface area contributed by atoms with Crippen LogP contribution < -0.4 is 10.5 Å². The van der Waals surface area contributed by atoms with Gasteiger partial charge in [0, 0.05) is 13.1 Å². The molecule has 0 saturated carbocycles. The van der Waals surface area contributed by atoms with Gasteiger partial charge in [0.25, 0.3) is 0 Å². The van der Waals surface area contributed by atoms with Crippen molar-refractivity contribution in [1.29, 1.82) is 0 Å². The van der Waals surface area contributed by atoms with E-state index < -0.39 is 0 Å². The Bertz CT molecular complexity index is 564. The number of aromatic nitrogens is 3. The number of nitrogens with zero attached hydrogens (tertiary/aromatic N) is 3. The van der Waals surface area contributed by atoms with Gasteiger partial charge in [0.05, 0.1) is 0 Å².